The number of hydrogen-bond donors (Lipinski definition) is 2. The van der Waals surface area contributed by atoms with Crippen molar-refractivity contribution in [3.63, 3.8) is 0 Å². The Morgan fingerprint density at radius 2 is 2.21 bits per heavy atom. The number of imidazole rings is 1. The van der Waals surface area contributed by atoms with Gasteiger partial charge in [-0.1, -0.05) is 6.92 Å². The van der Waals surface area contributed by atoms with Gasteiger partial charge in [-0.15, -0.1) is 0 Å². The number of hydrazine groups is 1. The molecule has 0 bridgehead atoms. The van der Waals surface area contributed by atoms with Gasteiger partial charge in [0.2, 0.25) is 0 Å². The molecule has 1 aromatic rings. The Morgan fingerprint density at radius 1 is 1.46 bits per heavy atom. The molecule has 9 heteroatoms. The summed E-state index contributed by atoms with van der Waals surface area (Å²) in [6.45, 7) is 4.87. The Bertz CT molecular complexity index is 699. The number of amides is 4. The van der Waals surface area contributed by atoms with E-state index in [0.29, 0.717) is 13.0 Å². The minimum Gasteiger partial charge on any atom is -0.337 e. The highest BCUT2D eigenvalue weighted by Crippen LogP contribution is 2.19. The molecule has 24 heavy (non-hydrogen) atoms. The molecule has 2 aliphatic rings. The molecule has 3 rings (SSSR count). The Labute approximate surface area is 140 Å². The second kappa shape index (κ2) is 5.90. The summed E-state index contributed by atoms with van der Waals surface area (Å²) in [6, 6.07) is -0.594. The summed E-state index contributed by atoms with van der Waals surface area (Å²) in [5.41, 5.74) is 3.59. The molecule has 9 nitrogen and oxygen atoms in total. The molecule has 0 spiro atoms. The van der Waals surface area contributed by atoms with E-state index in [-0.39, 0.29) is 6.54 Å². The molecule has 1 aromatic heterocycles. The van der Waals surface area contributed by atoms with Gasteiger partial charge in [-0.25, -0.2) is 9.78 Å². The first-order chi connectivity index (χ1) is 11.3. The summed E-state index contributed by atoms with van der Waals surface area (Å²) in [4.78, 5) is 42.7. The molecular formula is C15H22N6O3. The van der Waals surface area contributed by atoms with Crippen LogP contribution >= 0.6 is 0 Å². The molecular weight excluding hydrogens is 312 g/mol. The Balaban J connectivity index is 1.59. The average molecular weight is 334 g/mol. The van der Waals surface area contributed by atoms with Gasteiger partial charge in [0, 0.05) is 32.3 Å². The summed E-state index contributed by atoms with van der Waals surface area (Å²) in [5.74, 6) is -0.827. The zero-order chi connectivity index (χ0) is 17.5. The summed E-state index contributed by atoms with van der Waals surface area (Å²) in [7, 11) is 1.95. The van der Waals surface area contributed by atoms with Crippen LogP contribution in [0.3, 0.4) is 0 Å². The number of aryl methyl sites for hydroxylation is 1. The van der Waals surface area contributed by atoms with E-state index in [0.717, 1.165) is 23.7 Å². The van der Waals surface area contributed by atoms with Gasteiger partial charge in [0.05, 0.1) is 18.6 Å². The van der Waals surface area contributed by atoms with Gasteiger partial charge in [-0.2, -0.15) is 5.01 Å². The highest BCUT2D eigenvalue weighted by molar-refractivity contribution is 6.07. The predicted molar refractivity (Wildman–Crippen MR) is 84.4 cm³/mol. The van der Waals surface area contributed by atoms with E-state index in [4.69, 9.17) is 0 Å². The lowest BCUT2D eigenvalue weighted by molar-refractivity contribution is -0.139. The van der Waals surface area contributed by atoms with Crippen molar-refractivity contribution in [3.8, 4) is 0 Å². The van der Waals surface area contributed by atoms with Crippen molar-refractivity contribution < 1.29 is 14.4 Å². The maximum Gasteiger partial charge on any atom is 0.344 e. The number of carbonyl (C=O) groups excluding carboxylic acids is 3. The Hall–Kier alpha value is -2.42. The monoisotopic (exact) mass is 334 g/mol. The van der Waals surface area contributed by atoms with E-state index in [9.17, 15) is 14.4 Å². The van der Waals surface area contributed by atoms with Crippen LogP contribution in [0.2, 0.25) is 0 Å². The number of carbonyl (C=O) groups is 3. The molecule has 1 saturated heterocycles. The number of imide groups is 1. The largest absolute Gasteiger partial charge is 0.344 e. The van der Waals surface area contributed by atoms with Gasteiger partial charge in [0.15, 0.2) is 0 Å². The molecule has 0 radical (unpaired) electrons. The number of urea groups is 1. The van der Waals surface area contributed by atoms with E-state index in [1.807, 2.05) is 23.4 Å². The number of rotatable bonds is 4. The minimum absolute atomic E-state index is 0.107. The van der Waals surface area contributed by atoms with Crippen LogP contribution in [0.25, 0.3) is 0 Å². The molecule has 1 fully saturated rings. The minimum atomic E-state index is -0.960. The molecule has 1 atom stereocenters. The van der Waals surface area contributed by atoms with Gasteiger partial charge in [-0.3, -0.25) is 19.9 Å². The number of hydrogen-bond acceptors (Lipinski definition) is 5. The first-order valence-electron chi connectivity index (χ1n) is 8.01. The smallest absolute Gasteiger partial charge is 0.337 e. The predicted octanol–water partition coefficient (Wildman–Crippen LogP) is -0.470. The third-order valence-electron chi connectivity index (χ3n) is 4.76. The summed E-state index contributed by atoms with van der Waals surface area (Å²) >= 11 is 0. The number of aromatic nitrogens is 2. The summed E-state index contributed by atoms with van der Waals surface area (Å²) in [5, 5.41) is 3.38. The van der Waals surface area contributed by atoms with Crippen LogP contribution in [-0.4, -0.2) is 55.9 Å². The van der Waals surface area contributed by atoms with Crippen LogP contribution in [0.1, 0.15) is 31.7 Å². The number of nitrogens with zero attached hydrogens (tertiary/aromatic N) is 4. The lowest BCUT2D eigenvalue weighted by Crippen LogP contribution is -2.51. The Morgan fingerprint density at radius 3 is 2.88 bits per heavy atom. The van der Waals surface area contributed by atoms with Crippen molar-refractivity contribution in [1.29, 1.82) is 0 Å². The molecule has 2 N–H and O–H groups in total. The van der Waals surface area contributed by atoms with Gasteiger partial charge in [0.25, 0.3) is 11.8 Å². The third-order valence-corrected chi connectivity index (χ3v) is 4.76. The van der Waals surface area contributed by atoms with Crippen LogP contribution in [0.15, 0.2) is 6.33 Å². The van der Waals surface area contributed by atoms with Crippen LogP contribution in [0, 0.1) is 0 Å². The lowest BCUT2D eigenvalue weighted by atomic mass is 10.00. The molecule has 4 amide bonds. The topological polar surface area (TPSA) is 99.6 Å². The lowest BCUT2D eigenvalue weighted by Gasteiger charge is -2.26. The second-order valence-corrected chi connectivity index (χ2v) is 6.50. The fraction of sp³-hybridized carbons (Fsp3) is 0.600. The third kappa shape index (κ3) is 2.75. The normalized spacial score (nSPS) is 24.0. The highest BCUT2D eigenvalue weighted by atomic mass is 16.2. The quantitative estimate of drug-likeness (QED) is 0.725. The van der Waals surface area contributed by atoms with Crippen molar-refractivity contribution >= 4 is 17.8 Å². The zero-order valence-corrected chi connectivity index (χ0v) is 14.1. The van der Waals surface area contributed by atoms with E-state index in [1.165, 1.54) is 5.69 Å². The maximum absolute atomic E-state index is 12.3. The zero-order valence-electron chi connectivity index (χ0n) is 14.1. The first kappa shape index (κ1) is 16.4. The first-order valence-corrected chi connectivity index (χ1v) is 8.01. The number of nitrogens with one attached hydrogen (secondary N) is 2. The van der Waals surface area contributed by atoms with Crippen LogP contribution in [0.4, 0.5) is 4.79 Å². The standard InChI is InChI=1S/C15H22N6O3/c1-4-15(2)13(23)21(14(24)17-15)18-12(22)8-20-6-5-11-10(7-20)16-9-19(11)3/h9H,4-8H2,1-3H3,(H,17,24)(H,18,22)/t15-/m0/s1. The van der Waals surface area contributed by atoms with Crippen molar-refractivity contribution in [2.24, 2.45) is 7.05 Å². The van der Waals surface area contributed by atoms with Gasteiger partial charge in [0.1, 0.15) is 5.54 Å². The van der Waals surface area contributed by atoms with Gasteiger partial charge < -0.3 is 9.88 Å². The Kier molecular flexibility index (Phi) is 4.04. The second-order valence-electron chi connectivity index (χ2n) is 6.50. The van der Waals surface area contributed by atoms with Crippen LogP contribution in [-0.2, 0) is 29.6 Å². The highest BCUT2D eigenvalue weighted by Gasteiger charge is 2.47. The van der Waals surface area contributed by atoms with Gasteiger partial charge in [-0.05, 0) is 13.3 Å². The van der Waals surface area contributed by atoms with Crippen LogP contribution < -0.4 is 10.7 Å². The SMILES string of the molecule is CC[C@]1(C)NC(=O)N(NC(=O)CN2CCc3c(ncn3C)C2)C1=O. The van der Waals surface area contributed by atoms with Crippen molar-refractivity contribution in [3.05, 3.63) is 17.7 Å². The molecule has 0 saturated carbocycles. The van der Waals surface area contributed by atoms with Crippen molar-refractivity contribution in [1.82, 2.24) is 30.2 Å². The maximum atomic E-state index is 12.3. The van der Waals surface area contributed by atoms with Crippen LogP contribution in [0.5, 0.6) is 0 Å². The van der Waals surface area contributed by atoms with Crippen molar-refractivity contribution in [2.75, 3.05) is 13.1 Å². The number of fused-ring (bicyclic) bond motifs is 1. The molecule has 0 aromatic carbocycles. The van der Waals surface area contributed by atoms with E-state index >= 15 is 0 Å². The van der Waals surface area contributed by atoms with E-state index < -0.39 is 23.4 Å². The molecule has 2 aliphatic heterocycles. The molecule has 3 heterocycles. The average Bonchev–Trinajstić information content (AvgIpc) is 3.01. The molecule has 0 aliphatic carbocycles. The fourth-order valence-electron chi connectivity index (χ4n) is 3.04. The fourth-order valence-corrected chi connectivity index (χ4v) is 3.04. The molecule has 130 valence electrons. The molecule has 0 unspecified atom stereocenters. The summed E-state index contributed by atoms with van der Waals surface area (Å²) in [6.07, 6.45) is 3.04. The van der Waals surface area contributed by atoms with E-state index in [1.54, 1.807) is 13.3 Å². The van der Waals surface area contributed by atoms with Crippen molar-refractivity contribution in [2.45, 2.75) is 38.8 Å². The van der Waals surface area contributed by atoms with E-state index in [2.05, 4.69) is 15.7 Å². The summed E-state index contributed by atoms with van der Waals surface area (Å²) < 4.78 is 1.99. The van der Waals surface area contributed by atoms with Gasteiger partial charge >= 0.3 is 6.03 Å².